The van der Waals surface area contributed by atoms with E-state index in [1.165, 1.54) is 32.5 Å². The molecule has 2 aliphatic rings. The fourth-order valence-corrected chi connectivity index (χ4v) is 3.48. The van der Waals surface area contributed by atoms with E-state index in [0.717, 1.165) is 38.5 Å². The highest BCUT2D eigenvalue weighted by Gasteiger charge is 2.37. The molecule has 2 rings (SSSR count). The fraction of sp³-hybridized carbons (Fsp3) is 1.00. The van der Waals surface area contributed by atoms with Crippen molar-refractivity contribution in [3.05, 3.63) is 0 Å². The minimum atomic E-state index is 0.0250. The molecule has 1 atom stereocenters. The lowest BCUT2D eigenvalue weighted by molar-refractivity contribution is 0.00906. The molecular formula is C16H33N3O. The molecule has 2 heterocycles. The SMILES string of the molecule is CC(C)CN1CCC(CN)(NCC2(C)CCCO2)CC1. The maximum atomic E-state index is 6.09. The molecule has 20 heavy (non-hydrogen) atoms. The number of likely N-dealkylation sites (tertiary alicyclic amines) is 1. The highest BCUT2D eigenvalue weighted by atomic mass is 16.5. The molecule has 0 amide bonds. The van der Waals surface area contributed by atoms with Gasteiger partial charge in [0, 0.05) is 31.8 Å². The Labute approximate surface area is 124 Å². The third-order valence-corrected chi connectivity index (χ3v) is 4.97. The van der Waals surface area contributed by atoms with E-state index in [4.69, 9.17) is 10.5 Å². The van der Waals surface area contributed by atoms with E-state index in [9.17, 15) is 0 Å². The van der Waals surface area contributed by atoms with Crippen LogP contribution in [0.25, 0.3) is 0 Å². The number of nitrogens with two attached hydrogens (primary N) is 1. The number of hydrogen-bond donors (Lipinski definition) is 2. The van der Waals surface area contributed by atoms with Crippen LogP contribution in [-0.2, 0) is 4.74 Å². The summed E-state index contributed by atoms with van der Waals surface area (Å²) < 4.78 is 5.88. The summed E-state index contributed by atoms with van der Waals surface area (Å²) in [6, 6.07) is 0. The molecule has 0 aromatic heterocycles. The molecule has 2 fully saturated rings. The minimum Gasteiger partial charge on any atom is -0.374 e. The number of nitrogens with zero attached hydrogens (tertiary/aromatic N) is 1. The fourth-order valence-electron chi connectivity index (χ4n) is 3.48. The summed E-state index contributed by atoms with van der Waals surface area (Å²) >= 11 is 0. The molecule has 3 N–H and O–H groups in total. The lowest BCUT2D eigenvalue weighted by Gasteiger charge is -2.44. The van der Waals surface area contributed by atoms with E-state index in [2.05, 4.69) is 31.0 Å². The highest BCUT2D eigenvalue weighted by Crippen LogP contribution is 2.27. The first kappa shape index (κ1) is 16.2. The van der Waals surface area contributed by atoms with Crippen LogP contribution < -0.4 is 11.1 Å². The zero-order chi connectivity index (χ0) is 14.6. The van der Waals surface area contributed by atoms with Gasteiger partial charge >= 0.3 is 0 Å². The second-order valence-electron chi connectivity index (χ2n) is 7.43. The van der Waals surface area contributed by atoms with Gasteiger partial charge in [0.1, 0.15) is 0 Å². The van der Waals surface area contributed by atoms with E-state index in [1.54, 1.807) is 0 Å². The number of ether oxygens (including phenoxy) is 1. The molecule has 118 valence electrons. The van der Waals surface area contributed by atoms with Crippen LogP contribution in [0.4, 0.5) is 0 Å². The Morgan fingerprint density at radius 3 is 2.45 bits per heavy atom. The Kier molecular flexibility index (Phi) is 5.46. The van der Waals surface area contributed by atoms with Crippen LogP contribution in [0.2, 0.25) is 0 Å². The van der Waals surface area contributed by atoms with Gasteiger partial charge in [-0.15, -0.1) is 0 Å². The highest BCUT2D eigenvalue weighted by molar-refractivity contribution is 4.97. The van der Waals surface area contributed by atoms with Gasteiger partial charge in [-0.2, -0.15) is 0 Å². The summed E-state index contributed by atoms with van der Waals surface area (Å²) in [6.45, 7) is 12.9. The van der Waals surface area contributed by atoms with Crippen molar-refractivity contribution in [1.82, 2.24) is 10.2 Å². The summed E-state index contributed by atoms with van der Waals surface area (Å²) in [5.41, 5.74) is 6.24. The van der Waals surface area contributed by atoms with Crippen molar-refractivity contribution in [3.8, 4) is 0 Å². The van der Waals surface area contributed by atoms with Gasteiger partial charge in [-0.05, 0) is 51.6 Å². The molecule has 0 aromatic rings. The lowest BCUT2D eigenvalue weighted by atomic mass is 9.86. The largest absolute Gasteiger partial charge is 0.374 e. The van der Waals surface area contributed by atoms with Gasteiger partial charge < -0.3 is 20.7 Å². The van der Waals surface area contributed by atoms with E-state index in [1.807, 2.05) is 0 Å². The van der Waals surface area contributed by atoms with Crippen molar-refractivity contribution >= 4 is 0 Å². The van der Waals surface area contributed by atoms with Gasteiger partial charge in [-0.1, -0.05) is 13.8 Å². The quantitative estimate of drug-likeness (QED) is 0.777. The normalized spacial score (nSPS) is 31.1. The van der Waals surface area contributed by atoms with Gasteiger partial charge in [0.05, 0.1) is 5.60 Å². The first-order valence-electron chi connectivity index (χ1n) is 8.28. The van der Waals surface area contributed by atoms with Crippen molar-refractivity contribution in [3.63, 3.8) is 0 Å². The Bertz CT molecular complexity index is 292. The average molecular weight is 283 g/mol. The molecule has 0 saturated carbocycles. The lowest BCUT2D eigenvalue weighted by Crippen LogP contribution is -2.60. The minimum absolute atomic E-state index is 0.0250. The summed E-state index contributed by atoms with van der Waals surface area (Å²) in [4.78, 5) is 2.58. The zero-order valence-corrected chi connectivity index (χ0v) is 13.6. The van der Waals surface area contributed by atoms with E-state index in [0.29, 0.717) is 0 Å². The van der Waals surface area contributed by atoms with Crippen molar-refractivity contribution in [2.45, 2.75) is 57.6 Å². The van der Waals surface area contributed by atoms with Crippen LogP contribution >= 0.6 is 0 Å². The van der Waals surface area contributed by atoms with Crippen molar-refractivity contribution in [2.75, 3.05) is 39.3 Å². The van der Waals surface area contributed by atoms with Gasteiger partial charge in [-0.25, -0.2) is 0 Å². The second kappa shape index (κ2) is 6.73. The molecule has 4 heteroatoms. The second-order valence-corrected chi connectivity index (χ2v) is 7.43. The summed E-state index contributed by atoms with van der Waals surface area (Å²) in [7, 11) is 0. The van der Waals surface area contributed by atoms with Crippen LogP contribution in [0, 0.1) is 5.92 Å². The molecule has 0 radical (unpaired) electrons. The summed E-state index contributed by atoms with van der Waals surface area (Å²) in [5.74, 6) is 0.749. The van der Waals surface area contributed by atoms with E-state index in [-0.39, 0.29) is 11.1 Å². The van der Waals surface area contributed by atoms with Crippen molar-refractivity contribution < 1.29 is 4.74 Å². The molecule has 0 bridgehead atoms. The Hall–Kier alpha value is -0.160. The third kappa shape index (κ3) is 4.17. The van der Waals surface area contributed by atoms with Gasteiger partial charge in [0.25, 0.3) is 0 Å². The molecule has 4 nitrogen and oxygen atoms in total. The molecule has 2 saturated heterocycles. The molecule has 0 aromatic carbocycles. The van der Waals surface area contributed by atoms with Gasteiger partial charge in [0.15, 0.2) is 0 Å². The van der Waals surface area contributed by atoms with Crippen LogP contribution in [0.1, 0.15) is 46.5 Å². The first-order valence-corrected chi connectivity index (χ1v) is 8.28. The predicted molar refractivity (Wildman–Crippen MR) is 83.9 cm³/mol. The molecule has 0 aliphatic carbocycles. The molecule has 2 aliphatic heterocycles. The van der Waals surface area contributed by atoms with Crippen LogP contribution in [0.5, 0.6) is 0 Å². The number of nitrogens with one attached hydrogen (secondary N) is 1. The Morgan fingerprint density at radius 2 is 1.95 bits per heavy atom. The number of hydrogen-bond acceptors (Lipinski definition) is 4. The van der Waals surface area contributed by atoms with Crippen LogP contribution in [0.15, 0.2) is 0 Å². The monoisotopic (exact) mass is 283 g/mol. The maximum Gasteiger partial charge on any atom is 0.0779 e. The zero-order valence-electron chi connectivity index (χ0n) is 13.6. The van der Waals surface area contributed by atoms with Crippen molar-refractivity contribution in [2.24, 2.45) is 11.7 Å². The predicted octanol–water partition coefficient (Wildman–Crippen LogP) is 1.59. The summed E-state index contributed by atoms with van der Waals surface area (Å²) in [5, 5.41) is 3.76. The average Bonchev–Trinajstić information content (AvgIpc) is 2.85. The molecule has 1 unspecified atom stereocenters. The number of rotatable bonds is 6. The van der Waals surface area contributed by atoms with E-state index >= 15 is 0 Å². The van der Waals surface area contributed by atoms with Crippen LogP contribution in [-0.4, -0.2) is 55.4 Å². The van der Waals surface area contributed by atoms with Gasteiger partial charge in [0.2, 0.25) is 0 Å². The van der Waals surface area contributed by atoms with E-state index < -0.39 is 0 Å². The smallest absolute Gasteiger partial charge is 0.0779 e. The standard InChI is InChI=1S/C16H33N3O/c1-14(2)11-19-8-6-16(12-17,7-9-19)18-13-15(3)5-4-10-20-15/h14,18H,4-13,17H2,1-3H3. The maximum absolute atomic E-state index is 6.09. The van der Waals surface area contributed by atoms with Gasteiger partial charge in [-0.3, -0.25) is 0 Å². The Balaban J connectivity index is 1.82. The first-order chi connectivity index (χ1) is 9.47. The molecule has 0 spiro atoms. The summed E-state index contributed by atoms with van der Waals surface area (Å²) in [6.07, 6.45) is 4.68. The third-order valence-electron chi connectivity index (χ3n) is 4.97. The Morgan fingerprint density at radius 1 is 1.25 bits per heavy atom. The number of piperidine rings is 1. The molecular weight excluding hydrogens is 250 g/mol. The van der Waals surface area contributed by atoms with Crippen molar-refractivity contribution in [1.29, 1.82) is 0 Å². The van der Waals surface area contributed by atoms with Crippen LogP contribution in [0.3, 0.4) is 0 Å². The topological polar surface area (TPSA) is 50.5 Å².